The highest BCUT2D eigenvalue weighted by molar-refractivity contribution is 7.93. The van der Waals surface area contributed by atoms with Crippen LogP contribution in [0, 0.1) is 0 Å². The summed E-state index contributed by atoms with van der Waals surface area (Å²) in [6.07, 6.45) is 6.75. The zero-order valence-corrected chi connectivity index (χ0v) is 13.1. The van der Waals surface area contributed by atoms with Crippen LogP contribution in [0.1, 0.15) is 44.3 Å². The average Bonchev–Trinajstić information content (AvgIpc) is 3.25. The number of nitrogens with zero attached hydrogens (tertiary/aromatic N) is 2. The van der Waals surface area contributed by atoms with Crippen molar-refractivity contribution in [3.05, 3.63) is 18.1 Å². The number of ether oxygens (including phenoxy) is 1. The van der Waals surface area contributed by atoms with Gasteiger partial charge >= 0.3 is 0 Å². The number of hydrogen-bond donors (Lipinski definition) is 2. The molecule has 1 saturated carbocycles. The maximum atomic E-state index is 12.0. The third-order valence-electron chi connectivity index (χ3n) is 4.69. The van der Waals surface area contributed by atoms with Crippen molar-refractivity contribution in [3.8, 4) is 0 Å². The molecule has 3 N–H and O–H groups in total. The highest BCUT2D eigenvalue weighted by Crippen LogP contribution is 2.41. The maximum absolute atomic E-state index is 12.0. The standard InChI is InChI=1S/C14H20N4O3S/c15-14(7-9-1-2-10(8-14)21-9)13-16-6-5-12(17-13)18-22(19,20)11-3-4-11/h5-6,9-11H,1-4,7-8,15H2,(H,16,17,18). The van der Waals surface area contributed by atoms with Gasteiger partial charge in [-0.3, -0.25) is 4.72 Å². The second-order valence-electron chi connectivity index (χ2n) is 6.63. The van der Waals surface area contributed by atoms with Crippen LogP contribution in [0.5, 0.6) is 0 Å². The fraction of sp³-hybridized carbons (Fsp3) is 0.714. The lowest BCUT2D eigenvalue weighted by Crippen LogP contribution is -2.47. The molecule has 3 fully saturated rings. The molecule has 1 aromatic heterocycles. The molecule has 120 valence electrons. The van der Waals surface area contributed by atoms with E-state index in [4.69, 9.17) is 10.5 Å². The van der Waals surface area contributed by atoms with Gasteiger partial charge in [-0.05, 0) is 44.6 Å². The summed E-state index contributed by atoms with van der Waals surface area (Å²) in [6, 6.07) is 1.57. The van der Waals surface area contributed by atoms with Crippen molar-refractivity contribution < 1.29 is 13.2 Å². The van der Waals surface area contributed by atoms with Crippen LogP contribution in [0.3, 0.4) is 0 Å². The molecule has 2 atom stereocenters. The van der Waals surface area contributed by atoms with Gasteiger partial charge in [0.05, 0.1) is 23.0 Å². The van der Waals surface area contributed by atoms with Crippen molar-refractivity contribution in [2.24, 2.45) is 5.73 Å². The minimum atomic E-state index is -3.32. The molecule has 2 unspecified atom stereocenters. The Labute approximate surface area is 129 Å². The van der Waals surface area contributed by atoms with Crippen molar-refractivity contribution in [3.63, 3.8) is 0 Å². The van der Waals surface area contributed by atoms with Gasteiger partial charge < -0.3 is 10.5 Å². The van der Waals surface area contributed by atoms with Gasteiger partial charge in [0.2, 0.25) is 10.0 Å². The Hall–Kier alpha value is -1.25. The first kappa shape index (κ1) is 14.3. The predicted molar refractivity (Wildman–Crippen MR) is 80.6 cm³/mol. The van der Waals surface area contributed by atoms with Gasteiger partial charge in [-0.15, -0.1) is 0 Å². The zero-order valence-electron chi connectivity index (χ0n) is 12.2. The quantitative estimate of drug-likeness (QED) is 0.851. The van der Waals surface area contributed by atoms with Gasteiger partial charge in [0, 0.05) is 6.20 Å². The van der Waals surface area contributed by atoms with E-state index in [1.54, 1.807) is 12.3 Å². The molecule has 7 nitrogen and oxygen atoms in total. The number of fused-ring (bicyclic) bond motifs is 2. The first-order valence-corrected chi connectivity index (χ1v) is 9.29. The van der Waals surface area contributed by atoms with Crippen LogP contribution in [0.15, 0.2) is 12.3 Å². The van der Waals surface area contributed by atoms with Crippen LogP contribution in [-0.4, -0.2) is 35.8 Å². The number of rotatable bonds is 4. The summed E-state index contributed by atoms with van der Waals surface area (Å²) >= 11 is 0. The summed E-state index contributed by atoms with van der Waals surface area (Å²) in [5, 5.41) is -0.281. The molecule has 2 bridgehead atoms. The van der Waals surface area contributed by atoms with Gasteiger partial charge in [-0.25, -0.2) is 18.4 Å². The Kier molecular flexibility index (Phi) is 3.18. The molecule has 1 aliphatic carbocycles. The Morgan fingerprint density at radius 2 is 1.91 bits per heavy atom. The topological polar surface area (TPSA) is 107 Å². The highest BCUT2D eigenvalue weighted by atomic mass is 32.2. The molecule has 0 aromatic carbocycles. The summed E-state index contributed by atoms with van der Waals surface area (Å²) in [4.78, 5) is 8.67. The largest absolute Gasteiger partial charge is 0.375 e. The Balaban J connectivity index is 1.59. The first-order chi connectivity index (χ1) is 10.4. The van der Waals surface area contributed by atoms with Crippen LogP contribution in [0.25, 0.3) is 0 Å². The minimum Gasteiger partial charge on any atom is -0.375 e. The Bertz CT molecular complexity index is 677. The summed E-state index contributed by atoms with van der Waals surface area (Å²) in [7, 11) is -3.32. The number of anilines is 1. The molecule has 4 rings (SSSR count). The van der Waals surface area contributed by atoms with Crippen LogP contribution in [0.2, 0.25) is 0 Å². The van der Waals surface area contributed by atoms with Crippen LogP contribution >= 0.6 is 0 Å². The molecule has 0 radical (unpaired) electrons. The van der Waals surface area contributed by atoms with Gasteiger partial charge in [0.25, 0.3) is 0 Å². The van der Waals surface area contributed by atoms with Crippen molar-refractivity contribution in [2.75, 3.05) is 4.72 Å². The number of nitrogens with two attached hydrogens (primary N) is 1. The van der Waals surface area contributed by atoms with E-state index in [1.807, 2.05) is 0 Å². The van der Waals surface area contributed by atoms with E-state index in [0.717, 1.165) is 25.7 Å². The lowest BCUT2D eigenvalue weighted by atomic mass is 9.86. The van der Waals surface area contributed by atoms with E-state index < -0.39 is 15.6 Å². The number of hydrogen-bond acceptors (Lipinski definition) is 6. The molecule has 8 heteroatoms. The van der Waals surface area contributed by atoms with E-state index in [1.165, 1.54) is 0 Å². The molecule has 2 saturated heterocycles. The van der Waals surface area contributed by atoms with Crippen LogP contribution < -0.4 is 10.5 Å². The molecule has 2 aliphatic heterocycles. The predicted octanol–water partition coefficient (Wildman–Crippen LogP) is 0.876. The lowest BCUT2D eigenvalue weighted by molar-refractivity contribution is -0.0322. The summed E-state index contributed by atoms with van der Waals surface area (Å²) in [5.41, 5.74) is 5.89. The second-order valence-corrected chi connectivity index (χ2v) is 8.59. The molecular formula is C14H20N4O3S. The number of sulfonamides is 1. The highest BCUT2D eigenvalue weighted by Gasteiger charge is 2.45. The number of nitrogens with one attached hydrogen (secondary N) is 1. The summed E-state index contributed by atoms with van der Waals surface area (Å²) in [6.45, 7) is 0. The van der Waals surface area contributed by atoms with E-state index in [9.17, 15) is 8.42 Å². The van der Waals surface area contributed by atoms with Gasteiger partial charge in [0.15, 0.2) is 5.82 Å². The molecule has 3 heterocycles. The zero-order chi connectivity index (χ0) is 15.4. The number of aromatic nitrogens is 2. The molecule has 1 aromatic rings. The normalized spacial score (nSPS) is 34.6. The van der Waals surface area contributed by atoms with Crippen molar-refractivity contribution in [1.29, 1.82) is 0 Å². The fourth-order valence-corrected chi connectivity index (χ4v) is 4.75. The van der Waals surface area contributed by atoms with Gasteiger partial charge in [-0.1, -0.05) is 0 Å². The SMILES string of the molecule is NC1(c2nccc(NS(=O)(=O)C3CC3)n2)CC2CCC(C1)O2. The maximum Gasteiger partial charge on any atom is 0.236 e. The molecule has 0 amide bonds. The van der Waals surface area contributed by atoms with E-state index >= 15 is 0 Å². The summed E-state index contributed by atoms with van der Waals surface area (Å²) in [5.74, 6) is 0.810. The smallest absolute Gasteiger partial charge is 0.236 e. The fourth-order valence-electron chi connectivity index (χ4n) is 3.42. The van der Waals surface area contributed by atoms with Crippen molar-refractivity contribution >= 4 is 15.8 Å². The van der Waals surface area contributed by atoms with Crippen molar-refractivity contribution in [2.45, 2.75) is 61.5 Å². The Morgan fingerprint density at radius 3 is 2.55 bits per heavy atom. The third kappa shape index (κ3) is 2.59. The average molecular weight is 324 g/mol. The van der Waals surface area contributed by atoms with E-state index in [0.29, 0.717) is 24.5 Å². The van der Waals surface area contributed by atoms with Crippen LogP contribution in [0.4, 0.5) is 5.82 Å². The molecule has 0 spiro atoms. The monoisotopic (exact) mass is 324 g/mol. The van der Waals surface area contributed by atoms with Gasteiger partial charge in [0.1, 0.15) is 5.82 Å². The van der Waals surface area contributed by atoms with E-state index in [-0.39, 0.29) is 17.5 Å². The van der Waals surface area contributed by atoms with E-state index in [2.05, 4.69) is 14.7 Å². The molecule has 3 aliphatic rings. The molecular weight excluding hydrogens is 304 g/mol. The first-order valence-electron chi connectivity index (χ1n) is 7.74. The third-order valence-corrected chi connectivity index (χ3v) is 6.53. The second kappa shape index (κ2) is 4.87. The van der Waals surface area contributed by atoms with Crippen molar-refractivity contribution in [1.82, 2.24) is 9.97 Å². The van der Waals surface area contributed by atoms with Crippen LogP contribution in [-0.2, 0) is 20.3 Å². The van der Waals surface area contributed by atoms with Gasteiger partial charge in [-0.2, -0.15) is 0 Å². The lowest BCUT2D eigenvalue weighted by Gasteiger charge is -2.36. The molecule has 22 heavy (non-hydrogen) atoms. The summed E-state index contributed by atoms with van der Waals surface area (Å²) < 4.78 is 32.4. The minimum absolute atomic E-state index is 0.166. The Morgan fingerprint density at radius 1 is 1.23 bits per heavy atom.